The highest BCUT2D eigenvalue weighted by atomic mass is 32.2. The molecule has 0 aliphatic heterocycles. The first-order chi connectivity index (χ1) is 7.68. The molecule has 0 nitrogen and oxygen atoms in total. The molecule has 0 radical (unpaired) electrons. The molecule has 0 unspecified atom stereocenters. The fourth-order valence-electron chi connectivity index (χ4n) is 1.38. The molecule has 1 aromatic carbocycles. The van der Waals surface area contributed by atoms with Crippen LogP contribution in [0.25, 0.3) is 0 Å². The van der Waals surface area contributed by atoms with Gasteiger partial charge in [-0.1, -0.05) is 67.5 Å². The highest BCUT2D eigenvalue weighted by molar-refractivity contribution is 8.00. The van der Waals surface area contributed by atoms with Gasteiger partial charge in [0.2, 0.25) is 0 Å². The summed E-state index contributed by atoms with van der Waals surface area (Å²) in [5.74, 6) is 0. The summed E-state index contributed by atoms with van der Waals surface area (Å²) >= 11 is 1.92. The van der Waals surface area contributed by atoms with Crippen molar-refractivity contribution in [2.45, 2.75) is 70.4 Å². The highest BCUT2D eigenvalue weighted by Gasteiger charge is 2.15. The molecule has 1 aromatic rings. The van der Waals surface area contributed by atoms with Crippen molar-refractivity contribution in [3.8, 4) is 0 Å². The third-order valence-corrected chi connectivity index (χ3v) is 3.26. The van der Waals surface area contributed by atoms with Gasteiger partial charge in [-0.2, -0.15) is 0 Å². The second kappa shape index (κ2) is 6.49. The maximum absolute atomic E-state index is 2.25. The lowest BCUT2D eigenvalue weighted by Crippen LogP contribution is -2.11. The van der Waals surface area contributed by atoms with E-state index in [1.807, 2.05) is 25.6 Å². The van der Waals surface area contributed by atoms with Crippen LogP contribution in [0.15, 0.2) is 29.2 Å². The Morgan fingerprint density at radius 1 is 0.765 bits per heavy atom. The van der Waals surface area contributed by atoms with Gasteiger partial charge in [-0.15, -0.1) is 11.8 Å². The number of thioether (sulfide) groups is 1. The van der Waals surface area contributed by atoms with Gasteiger partial charge in [0.1, 0.15) is 0 Å². The van der Waals surface area contributed by atoms with E-state index in [1.54, 1.807) is 0 Å². The quantitative estimate of drug-likeness (QED) is 0.561. The van der Waals surface area contributed by atoms with Crippen LogP contribution in [0.3, 0.4) is 0 Å². The molecule has 0 atom stereocenters. The Morgan fingerprint density at radius 3 is 1.47 bits per heavy atom. The highest BCUT2D eigenvalue weighted by Crippen LogP contribution is 2.33. The molecular formula is C16H28S. The first-order valence-electron chi connectivity index (χ1n) is 6.48. The minimum absolute atomic E-state index is 0.255. The largest absolute Gasteiger partial charge is 0.120 e. The van der Waals surface area contributed by atoms with E-state index in [4.69, 9.17) is 0 Å². The van der Waals surface area contributed by atoms with Gasteiger partial charge in [0.25, 0.3) is 0 Å². The fourth-order valence-corrected chi connectivity index (χ4v) is 2.36. The lowest BCUT2D eigenvalue weighted by atomic mass is 9.87. The van der Waals surface area contributed by atoms with E-state index in [-0.39, 0.29) is 5.41 Å². The topological polar surface area (TPSA) is 0 Å². The molecule has 0 fully saturated rings. The standard InChI is InChI=1S/C14H22S.C2H6/c1-13(2,3)11-7-9-12(10-8-11)15-14(4,5)6;1-2/h7-10H,1-6H3;1-2H3. The second-order valence-electron chi connectivity index (χ2n) is 5.99. The van der Waals surface area contributed by atoms with Crippen molar-refractivity contribution in [3.63, 3.8) is 0 Å². The number of benzene rings is 1. The zero-order chi connectivity index (χ0) is 13.7. The summed E-state index contributed by atoms with van der Waals surface area (Å²) in [6.45, 7) is 17.5. The van der Waals surface area contributed by atoms with E-state index in [9.17, 15) is 0 Å². The zero-order valence-electron chi connectivity index (χ0n) is 12.7. The van der Waals surface area contributed by atoms with Crippen LogP contribution in [0, 0.1) is 0 Å². The van der Waals surface area contributed by atoms with E-state index >= 15 is 0 Å². The van der Waals surface area contributed by atoms with Gasteiger partial charge in [-0.05, 0) is 23.1 Å². The van der Waals surface area contributed by atoms with E-state index in [0.29, 0.717) is 4.75 Å². The van der Waals surface area contributed by atoms with Crippen LogP contribution in [0.4, 0.5) is 0 Å². The molecule has 0 aliphatic carbocycles. The summed E-state index contributed by atoms with van der Waals surface area (Å²) in [6.07, 6.45) is 0. The van der Waals surface area contributed by atoms with Crippen molar-refractivity contribution in [3.05, 3.63) is 29.8 Å². The first kappa shape index (κ1) is 16.6. The Balaban J connectivity index is 0.00000121. The van der Waals surface area contributed by atoms with Crippen LogP contribution in [0.5, 0.6) is 0 Å². The summed E-state index contributed by atoms with van der Waals surface area (Å²) in [5.41, 5.74) is 1.66. The molecule has 0 N–H and O–H groups in total. The number of hydrogen-bond acceptors (Lipinski definition) is 1. The average Bonchev–Trinajstić information content (AvgIpc) is 2.17. The van der Waals surface area contributed by atoms with Gasteiger partial charge < -0.3 is 0 Å². The lowest BCUT2D eigenvalue weighted by Gasteiger charge is -2.21. The molecule has 0 aromatic heterocycles. The minimum Gasteiger partial charge on any atom is -0.120 e. The van der Waals surface area contributed by atoms with Crippen LogP contribution >= 0.6 is 11.8 Å². The van der Waals surface area contributed by atoms with Crippen molar-refractivity contribution in [2.75, 3.05) is 0 Å². The fraction of sp³-hybridized carbons (Fsp3) is 0.625. The Labute approximate surface area is 112 Å². The molecule has 17 heavy (non-hydrogen) atoms. The minimum atomic E-state index is 0.255. The SMILES string of the molecule is CC.CC(C)(C)Sc1ccc(C(C)(C)C)cc1. The van der Waals surface area contributed by atoms with Gasteiger partial charge in [0, 0.05) is 9.64 Å². The van der Waals surface area contributed by atoms with E-state index in [2.05, 4.69) is 65.8 Å². The maximum Gasteiger partial charge on any atom is 0.0122 e. The predicted molar refractivity (Wildman–Crippen MR) is 82.1 cm³/mol. The molecule has 0 bridgehead atoms. The molecular weight excluding hydrogens is 224 g/mol. The van der Waals surface area contributed by atoms with Gasteiger partial charge in [0.05, 0.1) is 0 Å². The summed E-state index contributed by atoms with van der Waals surface area (Å²) in [4.78, 5) is 1.36. The molecule has 1 heteroatoms. The summed E-state index contributed by atoms with van der Waals surface area (Å²) in [6, 6.07) is 8.95. The van der Waals surface area contributed by atoms with Crippen molar-refractivity contribution in [2.24, 2.45) is 0 Å². The Hall–Kier alpha value is -0.430. The van der Waals surface area contributed by atoms with Gasteiger partial charge in [0.15, 0.2) is 0 Å². The van der Waals surface area contributed by atoms with E-state index in [0.717, 1.165) is 0 Å². The molecule has 0 saturated carbocycles. The van der Waals surface area contributed by atoms with E-state index < -0.39 is 0 Å². The Kier molecular flexibility index (Phi) is 6.32. The molecule has 0 spiro atoms. The number of rotatable bonds is 1. The van der Waals surface area contributed by atoms with Crippen LogP contribution in [0.2, 0.25) is 0 Å². The molecule has 0 amide bonds. The third-order valence-electron chi connectivity index (χ3n) is 2.14. The average molecular weight is 252 g/mol. The zero-order valence-corrected chi connectivity index (χ0v) is 13.5. The van der Waals surface area contributed by atoms with E-state index in [1.165, 1.54) is 10.5 Å². The molecule has 0 aliphatic rings. The predicted octanol–water partition coefficient (Wildman–Crippen LogP) is 5.90. The smallest absolute Gasteiger partial charge is 0.0122 e. The van der Waals surface area contributed by atoms with Crippen molar-refractivity contribution in [1.29, 1.82) is 0 Å². The number of hydrogen-bond donors (Lipinski definition) is 0. The van der Waals surface area contributed by atoms with Crippen molar-refractivity contribution >= 4 is 11.8 Å². The molecule has 98 valence electrons. The summed E-state index contributed by atoms with van der Waals surface area (Å²) in [5, 5.41) is 0. The monoisotopic (exact) mass is 252 g/mol. The van der Waals surface area contributed by atoms with Crippen LogP contribution in [0.1, 0.15) is 61.0 Å². The van der Waals surface area contributed by atoms with Crippen LogP contribution < -0.4 is 0 Å². The normalized spacial score (nSPS) is 11.8. The van der Waals surface area contributed by atoms with Crippen molar-refractivity contribution < 1.29 is 0 Å². The van der Waals surface area contributed by atoms with Crippen LogP contribution in [-0.2, 0) is 5.41 Å². The summed E-state index contributed by atoms with van der Waals surface area (Å²) in [7, 11) is 0. The summed E-state index contributed by atoms with van der Waals surface area (Å²) < 4.78 is 0.295. The molecule has 0 saturated heterocycles. The first-order valence-corrected chi connectivity index (χ1v) is 7.30. The molecule has 1 rings (SSSR count). The maximum atomic E-state index is 2.25. The van der Waals surface area contributed by atoms with Crippen LogP contribution in [-0.4, -0.2) is 4.75 Å². The van der Waals surface area contributed by atoms with Crippen molar-refractivity contribution in [1.82, 2.24) is 0 Å². The van der Waals surface area contributed by atoms with Gasteiger partial charge in [-0.3, -0.25) is 0 Å². The third kappa shape index (κ3) is 6.78. The molecule has 0 heterocycles. The van der Waals surface area contributed by atoms with Gasteiger partial charge >= 0.3 is 0 Å². The Bertz CT molecular complexity index is 309. The van der Waals surface area contributed by atoms with Gasteiger partial charge in [-0.25, -0.2) is 0 Å². The Morgan fingerprint density at radius 2 is 1.18 bits per heavy atom. The second-order valence-corrected chi connectivity index (χ2v) is 7.89. The lowest BCUT2D eigenvalue weighted by molar-refractivity contribution is 0.589.